The number of H-pyrrole nitrogens is 1. The van der Waals surface area contributed by atoms with Crippen LogP contribution in [0.4, 0.5) is 0 Å². The number of phenols is 1. The molecule has 1 aliphatic rings. The van der Waals surface area contributed by atoms with Crippen LogP contribution in [0.5, 0.6) is 11.5 Å². The van der Waals surface area contributed by atoms with Crippen molar-refractivity contribution in [1.82, 2.24) is 15.2 Å². The number of phenolic OH excluding ortho intramolecular Hbond substituents is 1. The van der Waals surface area contributed by atoms with Gasteiger partial charge in [-0.15, -0.1) is 0 Å². The molecule has 10 heteroatoms. The molecule has 1 saturated heterocycles. The molecule has 0 aliphatic carbocycles. The van der Waals surface area contributed by atoms with Crippen molar-refractivity contribution in [2.45, 2.75) is 56.8 Å². The molecule has 1 fully saturated rings. The van der Waals surface area contributed by atoms with Gasteiger partial charge in [0, 0.05) is 30.1 Å². The predicted octanol–water partition coefficient (Wildman–Crippen LogP) is 6.19. The second kappa shape index (κ2) is 18.9. The maximum atomic E-state index is 13.8. The molecule has 0 spiro atoms. The van der Waals surface area contributed by atoms with Gasteiger partial charge < -0.3 is 35.1 Å². The van der Waals surface area contributed by atoms with Crippen molar-refractivity contribution < 1.29 is 29.6 Å². The van der Waals surface area contributed by atoms with Crippen molar-refractivity contribution in [1.29, 1.82) is 0 Å². The van der Waals surface area contributed by atoms with Gasteiger partial charge in [-0.1, -0.05) is 91.7 Å². The molecule has 6 rings (SSSR count). The van der Waals surface area contributed by atoms with Crippen molar-refractivity contribution >= 4 is 16.9 Å². The third-order valence-corrected chi connectivity index (χ3v) is 10.3. The minimum absolute atomic E-state index is 0.0334. The molecule has 284 valence electrons. The fourth-order valence-corrected chi connectivity index (χ4v) is 7.14. The number of nitrogens with zero attached hydrogens (tertiary/aromatic N) is 1. The Hall–Kier alpha value is -5.00. The first kappa shape index (κ1) is 38.7. The average molecular weight is 734 g/mol. The minimum Gasteiger partial charge on any atom is -0.506 e. The molecule has 4 aromatic carbocycles. The van der Waals surface area contributed by atoms with Crippen LogP contribution in [0, 0.1) is 5.92 Å². The third kappa shape index (κ3) is 9.95. The van der Waals surface area contributed by atoms with E-state index in [4.69, 9.17) is 9.47 Å². The summed E-state index contributed by atoms with van der Waals surface area (Å²) in [5.74, 6) is 0.0839. The smallest absolute Gasteiger partial charge is 0.347 e. The van der Waals surface area contributed by atoms with Crippen molar-refractivity contribution in [3.8, 4) is 11.5 Å². The summed E-state index contributed by atoms with van der Waals surface area (Å²) in [6, 6.07) is 32.6. The van der Waals surface area contributed by atoms with Gasteiger partial charge in [-0.3, -0.25) is 9.69 Å². The SMILES string of the molecule is O=C(OCC1CCN(Cc2ccccc2)CC1)C(O)(c1ccccc1)c1cccc(OCCCCCCNC[C@H](O)c2ccc(O)c3[nH]c(=O)ccc23)c1. The van der Waals surface area contributed by atoms with Gasteiger partial charge in [0.2, 0.25) is 11.2 Å². The zero-order chi connectivity index (χ0) is 37.8. The van der Waals surface area contributed by atoms with Gasteiger partial charge in [0.25, 0.3) is 0 Å². The number of rotatable bonds is 18. The molecule has 5 N–H and O–H groups in total. The standard InChI is InChI=1S/C44H51N3O7/c48-39-20-18-37(38-19-21-41(50)46-42(38)39)40(49)29-45-24-9-1-2-10-27-53-36-17-11-16-35(28-36)44(52,34-14-7-4-8-15-34)43(51)54-31-33-22-25-47(26-23-33)30-32-12-5-3-6-13-32/h3-8,11-21,28,33,40,45,48-49,52H,1-2,9-10,22-27,29-31H2,(H,46,50)/t40-,44?/m0/s1. The van der Waals surface area contributed by atoms with Crippen LogP contribution in [0.2, 0.25) is 0 Å². The van der Waals surface area contributed by atoms with Crippen LogP contribution in [0.15, 0.2) is 114 Å². The highest BCUT2D eigenvalue weighted by atomic mass is 16.5. The number of aromatic nitrogens is 1. The maximum absolute atomic E-state index is 13.8. The molecule has 10 nitrogen and oxygen atoms in total. The van der Waals surface area contributed by atoms with E-state index in [9.17, 15) is 24.9 Å². The topological polar surface area (TPSA) is 144 Å². The number of aromatic amines is 1. The van der Waals surface area contributed by atoms with Gasteiger partial charge in [-0.2, -0.15) is 0 Å². The Balaban J connectivity index is 0.937. The summed E-state index contributed by atoms with van der Waals surface area (Å²) in [6.45, 7) is 4.61. The number of esters is 1. The lowest BCUT2D eigenvalue weighted by molar-refractivity contribution is -0.164. The first-order chi connectivity index (χ1) is 26.3. The number of nitrogens with one attached hydrogen (secondary N) is 2. The van der Waals surface area contributed by atoms with Crippen molar-refractivity contribution in [2.75, 3.05) is 39.4 Å². The highest BCUT2D eigenvalue weighted by molar-refractivity contribution is 5.87. The van der Waals surface area contributed by atoms with Crippen LogP contribution in [0.25, 0.3) is 10.9 Å². The van der Waals surface area contributed by atoms with E-state index < -0.39 is 17.7 Å². The van der Waals surface area contributed by atoms with Gasteiger partial charge >= 0.3 is 5.97 Å². The number of hydrogen-bond donors (Lipinski definition) is 5. The fourth-order valence-electron chi connectivity index (χ4n) is 7.14. The second-order valence-electron chi connectivity index (χ2n) is 14.2. The Morgan fingerprint density at radius 2 is 1.59 bits per heavy atom. The highest BCUT2D eigenvalue weighted by Gasteiger charge is 2.42. The number of aromatic hydroxyl groups is 1. The predicted molar refractivity (Wildman–Crippen MR) is 209 cm³/mol. The van der Waals surface area contributed by atoms with Crippen LogP contribution in [0.1, 0.15) is 66.9 Å². The molecule has 0 saturated carbocycles. The molecule has 1 unspecified atom stereocenters. The number of aliphatic hydroxyl groups is 2. The molecular formula is C44H51N3O7. The normalized spacial score (nSPS) is 15.4. The Morgan fingerprint density at radius 3 is 2.37 bits per heavy atom. The number of pyridine rings is 1. The van der Waals surface area contributed by atoms with Crippen molar-refractivity contribution in [2.24, 2.45) is 5.92 Å². The largest absolute Gasteiger partial charge is 0.506 e. The van der Waals surface area contributed by atoms with Crippen molar-refractivity contribution in [3.63, 3.8) is 0 Å². The lowest BCUT2D eigenvalue weighted by Crippen LogP contribution is -2.40. The van der Waals surface area contributed by atoms with Gasteiger partial charge in [0.1, 0.15) is 11.5 Å². The maximum Gasteiger partial charge on any atom is 0.347 e. The number of aliphatic hydroxyl groups excluding tert-OH is 1. The van der Waals surface area contributed by atoms with Crippen LogP contribution in [-0.2, 0) is 21.7 Å². The quantitative estimate of drug-likeness (QED) is 0.0526. The molecule has 1 aromatic heterocycles. The van der Waals surface area contributed by atoms with Gasteiger partial charge in [-0.05, 0) is 92.2 Å². The van der Waals surface area contributed by atoms with E-state index in [1.807, 2.05) is 18.2 Å². The van der Waals surface area contributed by atoms with E-state index in [1.165, 1.54) is 17.7 Å². The van der Waals surface area contributed by atoms with E-state index >= 15 is 0 Å². The number of hydrogen-bond acceptors (Lipinski definition) is 9. The fraction of sp³-hybridized carbons (Fsp3) is 0.364. The van der Waals surface area contributed by atoms with Gasteiger partial charge in [0.15, 0.2) is 0 Å². The molecule has 1 aliphatic heterocycles. The van der Waals surface area contributed by atoms with Crippen molar-refractivity contribution in [3.05, 3.63) is 142 Å². The van der Waals surface area contributed by atoms with Crippen LogP contribution in [-0.4, -0.2) is 70.6 Å². The van der Waals surface area contributed by atoms with E-state index in [0.29, 0.717) is 46.5 Å². The summed E-state index contributed by atoms with van der Waals surface area (Å²) in [7, 11) is 0. The summed E-state index contributed by atoms with van der Waals surface area (Å²) in [5.41, 5.74) is 0.796. The van der Waals surface area contributed by atoms with Crippen LogP contribution >= 0.6 is 0 Å². The molecule has 0 radical (unpaired) electrons. The third-order valence-electron chi connectivity index (χ3n) is 10.3. The number of fused-ring (bicyclic) bond motifs is 1. The zero-order valence-corrected chi connectivity index (χ0v) is 30.7. The van der Waals surface area contributed by atoms with E-state index in [0.717, 1.165) is 64.7 Å². The van der Waals surface area contributed by atoms with Gasteiger partial charge in [-0.25, -0.2) is 4.79 Å². The number of piperidine rings is 1. The van der Waals surface area contributed by atoms with E-state index in [2.05, 4.69) is 39.5 Å². The monoisotopic (exact) mass is 733 g/mol. The van der Waals surface area contributed by atoms with Crippen LogP contribution in [0.3, 0.4) is 0 Å². The minimum atomic E-state index is -1.98. The molecular weight excluding hydrogens is 682 g/mol. The Labute approximate surface area is 316 Å². The number of carbonyl (C=O) groups excluding carboxylic acids is 1. The summed E-state index contributed by atoms with van der Waals surface area (Å²) in [4.78, 5) is 30.5. The average Bonchev–Trinajstić information content (AvgIpc) is 3.20. The summed E-state index contributed by atoms with van der Waals surface area (Å²) < 4.78 is 11.9. The summed E-state index contributed by atoms with van der Waals surface area (Å²) in [6.07, 6.45) is 4.74. The highest BCUT2D eigenvalue weighted by Crippen LogP contribution is 2.34. The first-order valence-corrected chi connectivity index (χ1v) is 19.0. The van der Waals surface area contributed by atoms with Crippen LogP contribution < -0.4 is 15.6 Å². The second-order valence-corrected chi connectivity index (χ2v) is 14.2. The number of unbranched alkanes of at least 4 members (excludes halogenated alkanes) is 3. The molecule has 2 heterocycles. The molecule has 0 bridgehead atoms. The summed E-state index contributed by atoms with van der Waals surface area (Å²) >= 11 is 0. The zero-order valence-electron chi connectivity index (χ0n) is 30.7. The first-order valence-electron chi connectivity index (χ1n) is 19.0. The molecule has 2 atom stereocenters. The summed E-state index contributed by atoms with van der Waals surface area (Å²) in [5, 5.41) is 36.8. The Kier molecular flexibility index (Phi) is 13.5. The van der Waals surface area contributed by atoms with Gasteiger partial charge in [0.05, 0.1) is 24.8 Å². The molecule has 0 amide bonds. The molecule has 5 aromatic rings. The lowest BCUT2D eigenvalue weighted by atomic mass is 9.86. The Morgan fingerprint density at radius 1 is 0.870 bits per heavy atom. The number of benzene rings is 4. The lowest BCUT2D eigenvalue weighted by Gasteiger charge is -2.33. The Bertz CT molecular complexity index is 2000. The van der Waals surface area contributed by atoms with E-state index in [-0.39, 0.29) is 23.8 Å². The number of ether oxygens (including phenoxy) is 2. The molecule has 54 heavy (non-hydrogen) atoms. The van der Waals surface area contributed by atoms with E-state index in [1.54, 1.807) is 54.6 Å². The number of carbonyl (C=O) groups is 1. The number of likely N-dealkylation sites (tertiary alicyclic amines) is 1.